The Labute approximate surface area is 105 Å². The molecule has 2 unspecified atom stereocenters. The fourth-order valence-corrected chi connectivity index (χ4v) is 2.17. The van der Waals surface area contributed by atoms with Crippen LogP contribution in [0.5, 0.6) is 5.75 Å². The second kappa shape index (κ2) is 4.91. The SMILES string of the molecule is O=C1Nc2ncccc2OC1CC1COCCN1. The van der Waals surface area contributed by atoms with Crippen molar-refractivity contribution in [2.75, 3.05) is 25.1 Å². The van der Waals surface area contributed by atoms with Crippen molar-refractivity contribution in [2.24, 2.45) is 0 Å². The van der Waals surface area contributed by atoms with Gasteiger partial charge in [-0.1, -0.05) is 0 Å². The summed E-state index contributed by atoms with van der Waals surface area (Å²) in [4.78, 5) is 15.9. The van der Waals surface area contributed by atoms with Crippen molar-refractivity contribution in [2.45, 2.75) is 18.6 Å². The Balaban J connectivity index is 1.68. The topological polar surface area (TPSA) is 72.5 Å². The van der Waals surface area contributed by atoms with Crippen LogP contribution in [0.25, 0.3) is 0 Å². The lowest BCUT2D eigenvalue weighted by molar-refractivity contribution is -0.124. The summed E-state index contributed by atoms with van der Waals surface area (Å²) in [5.41, 5.74) is 0. The molecule has 6 nitrogen and oxygen atoms in total. The maximum atomic E-state index is 11.9. The van der Waals surface area contributed by atoms with Crippen molar-refractivity contribution in [3.05, 3.63) is 18.3 Å². The van der Waals surface area contributed by atoms with E-state index in [0.717, 1.165) is 13.2 Å². The van der Waals surface area contributed by atoms with Crippen molar-refractivity contribution >= 4 is 11.7 Å². The number of hydrogen-bond donors (Lipinski definition) is 2. The van der Waals surface area contributed by atoms with Gasteiger partial charge in [0, 0.05) is 25.2 Å². The van der Waals surface area contributed by atoms with Crippen LogP contribution in [0, 0.1) is 0 Å². The number of anilines is 1. The van der Waals surface area contributed by atoms with Crippen LogP contribution in [-0.2, 0) is 9.53 Å². The molecule has 0 radical (unpaired) electrons. The Kier molecular flexibility index (Phi) is 3.12. The standard InChI is InChI=1S/C12H15N3O3/c16-12-10(6-8-7-17-5-4-13-8)18-9-2-1-3-14-11(9)15-12/h1-3,8,10,13H,4-7H2,(H,14,15,16). The molecule has 0 bridgehead atoms. The van der Waals surface area contributed by atoms with E-state index in [1.807, 2.05) is 0 Å². The Morgan fingerprint density at radius 2 is 2.44 bits per heavy atom. The average Bonchev–Trinajstić information content (AvgIpc) is 2.41. The van der Waals surface area contributed by atoms with Gasteiger partial charge < -0.3 is 20.1 Å². The summed E-state index contributed by atoms with van der Waals surface area (Å²) in [6, 6.07) is 3.75. The molecule has 1 aromatic heterocycles. The van der Waals surface area contributed by atoms with Crippen molar-refractivity contribution in [1.82, 2.24) is 10.3 Å². The van der Waals surface area contributed by atoms with E-state index in [1.165, 1.54) is 0 Å². The maximum Gasteiger partial charge on any atom is 0.266 e. The van der Waals surface area contributed by atoms with Gasteiger partial charge in [-0.15, -0.1) is 0 Å². The van der Waals surface area contributed by atoms with E-state index in [9.17, 15) is 4.79 Å². The Morgan fingerprint density at radius 1 is 1.50 bits per heavy atom. The molecule has 1 saturated heterocycles. The molecule has 2 aliphatic heterocycles. The van der Waals surface area contributed by atoms with Gasteiger partial charge in [0.05, 0.1) is 13.2 Å². The maximum absolute atomic E-state index is 11.9. The number of amides is 1. The highest BCUT2D eigenvalue weighted by molar-refractivity contribution is 5.96. The van der Waals surface area contributed by atoms with Gasteiger partial charge in [-0.25, -0.2) is 4.98 Å². The van der Waals surface area contributed by atoms with Crippen LogP contribution < -0.4 is 15.4 Å². The average molecular weight is 249 g/mol. The Hall–Kier alpha value is -1.66. The van der Waals surface area contributed by atoms with Gasteiger partial charge in [-0.3, -0.25) is 4.79 Å². The zero-order valence-electron chi connectivity index (χ0n) is 9.89. The van der Waals surface area contributed by atoms with Crippen LogP contribution in [-0.4, -0.2) is 42.8 Å². The lowest BCUT2D eigenvalue weighted by atomic mass is 10.1. The van der Waals surface area contributed by atoms with Gasteiger partial charge in [0.1, 0.15) is 0 Å². The van der Waals surface area contributed by atoms with E-state index < -0.39 is 6.10 Å². The van der Waals surface area contributed by atoms with Crippen LogP contribution in [0.4, 0.5) is 5.82 Å². The normalized spacial score (nSPS) is 27.0. The highest BCUT2D eigenvalue weighted by Crippen LogP contribution is 2.27. The third-order valence-electron chi connectivity index (χ3n) is 3.07. The summed E-state index contributed by atoms with van der Waals surface area (Å²) in [5.74, 6) is 0.971. The summed E-state index contributed by atoms with van der Waals surface area (Å²) in [5, 5.41) is 6.07. The van der Waals surface area contributed by atoms with Crippen LogP contribution in [0.2, 0.25) is 0 Å². The molecule has 3 rings (SSSR count). The molecule has 3 heterocycles. The number of fused-ring (bicyclic) bond motifs is 1. The number of carbonyl (C=O) groups is 1. The lowest BCUT2D eigenvalue weighted by Gasteiger charge is -2.30. The first-order valence-electron chi connectivity index (χ1n) is 6.06. The largest absolute Gasteiger partial charge is 0.477 e. The summed E-state index contributed by atoms with van der Waals surface area (Å²) in [6.45, 7) is 2.16. The minimum atomic E-state index is -0.485. The molecule has 2 aliphatic rings. The van der Waals surface area contributed by atoms with E-state index in [0.29, 0.717) is 24.6 Å². The van der Waals surface area contributed by atoms with E-state index in [1.54, 1.807) is 18.3 Å². The summed E-state index contributed by atoms with van der Waals surface area (Å²) in [6.07, 6.45) is 1.74. The highest BCUT2D eigenvalue weighted by Gasteiger charge is 2.31. The molecule has 2 N–H and O–H groups in total. The van der Waals surface area contributed by atoms with E-state index in [-0.39, 0.29) is 11.9 Å². The Bertz CT molecular complexity index is 446. The lowest BCUT2D eigenvalue weighted by Crippen LogP contribution is -2.47. The van der Waals surface area contributed by atoms with E-state index in [2.05, 4.69) is 15.6 Å². The monoisotopic (exact) mass is 249 g/mol. The molecular weight excluding hydrogens is 234 g/mol. The van der Waals surface area contributed by atoms with Gasteiger partial charge in [-0.05, 0) is 12.1 Å². The smallest absolute Gasteiger partial charge is 0.266 e. The molecule has 0 saturated carbocycles. The van der Waals surface area contributed by atoms with Crippen molar-refractivity contribution in [3.8, 4) is 5.75 Å². The van der Waals surface area contributed by atoms with Crippen LogP contribution in [0.1, 0.15) is 6.42 Å². The molecule has 18 heavy (non-hydrogen) atoms. The number of nitrogens with one attached hydrogen (secondary N) is 2. The van der Waals surface area contributed by atoms with Gasteiger partial charge in [0.25, 0.3) is 5.91 Å². The van der Waals surface area contributed by atoms with E-state index in [4.69, 9.17) is 9.47 Å². The van der Waals surface area contributed by atoms with Gasteiger partial charge >= 0.3 is 0 Å². The van der Waals surface area contributed by atoms with Crippen molar-refractivity contribution in [1.29, 1.82) is 0 Å². The molecule has 2 atom stereocenters. The zero-order valence-corrected chi connectivity index (χ0v) is 9.89. The highest BCUT2D eigenvalue weighted by atomic mass is 16.5. The molecule has 6 heteroatoms. The van der Waals surface area contributed by atoms with Crippen molar-refractivity contribution in [3.63, 3.8) is 0 Å². The molecule has 1 fully saturated rings. The van der Waals surface area contributed by atoms with Gasteiger partial charge in [0.15, 0.2) is 17.7 Å². The number of morpholine rings is 1. The van der Waals surface area contributed by atoms with Crippen LogP contribution in [0.15, 0.2) is 18.3 Å². The number of hydrogen-bond acceptors (Lipinski definition) is 5. The van der Waals surface area contributed by atoms with Gasteiger partial charge in [0.2, 0.25) is 0 Å². The summed E-state index contributed by atoms with van der Waals surface area (Å²) < 4.78 is 11.0. The first kappa shape index (κ1) is 11.4. The second-order valence-corrected chi connectivity index (χ2v) is 4.41. The molecule has 0 aliphatic carbocycles. The predicted molar refractivity (Wildman–Crippen MR) is 64.5 cm³/mol. The quantitative estimate of drug-likeness (QED) is 0.781. The van der Waals surface area contributed by atoms with Crippen LogP contribution in [0.3, 0.4) is 0 Å². The minimum Gasteiger partial charge on any atom is -0.477 e. The molecule has 1 aromatic rings. The number of pyridine rings is 1. The number of rotatable bonds is 2. The molecular formula is C12H15N3O3. The second-order valence-electron chi connectivity index (χ2n) is 4.41. The molecule has 1 amide bonds. The van der Waals surface area contributed by atoms with Crippen LogP contribution >= 0.6 is 0 Å². The van der Waals surface area contributed by atoms with Gasteiger partial charge in [-0.2, -0.15) is 0 Å². The van der Waals surface area contributed by atoms with E-state index >= 15 is 0 Å². The fourth-order valence-electron chi connectivity index (χ4n) is 2.17. The number of nitrogens with zero attached hydrogens (tertiary/aromatic N) is 1. The summed E-state index contributed by atoms with van der Waals surface area (Å²) >= 11 is 0. The zero-order chi connectivity index (χ0) is 12.4. The molecule has 0 spiro atoms. The number of carbonyl (C=O) groups excluding carboxylic acids is 1. The predicted octanol–water partition coefficient (Wildman–Crippen LogP) is 0.160. The number of aromatic nitrogens is 1. The minimum absolute atomic E-state index is 0.145. The fraction of sp³-hybridized carbons (Fsp3) is 0.500. The third kappa shape index (κ3) is 2.30. The number of ether oxygens (including phenoxy) is 2. The molecule has 0 aromatic carbocycles. The third-order valence-corrected chi connectivity index (χ3v) is 3.07. The first-order valence-corrected chi connectivity index (χ1v) is 6.06. The first-order chi connectivity index (χ1) is 8.83. The van der Waals surface area contributed by atoms with Crippen molar-refractivity contribution < 1.29 is 14.3 Å². The summed E-state index contributed by atoms with van der Waals surface area (Å²) in [7, 11) is 0. The Morgan fingerprint density at radius 3 is 3.28 bits per heavy atom. The molecule has 96 valence electrons.